The maximum absolute atomic E-state index is 13.4. The van der Waals surface area contributed by atoms with E-state index in [0.29, 0.717) is 5.56 Å². The molecule has 144 valence electrons. The van der Waals surface area contributed by atoms with Gasteiger partial charge in [0.15, 0.2) is 0 Å². The third-order valence-corrected chi connectivity index (χ3v) is 5.23. The van der Waals surface area contributed by atoms with E-state index in [-0.39, 0.29) is 17.8 Å². The van der Waals surface area contributed by atoms with E-state index >= 15 is 0 Å². The highest BCUT2D eigenvalue weighted by Crippen LogP contribution is 2.27. The van der Waals surface area contributed by atoms with Crippen LogP contribution in [0.25, 0.3) is 0 Å². The van der Waals surface area contributed by atoms with Crippen LogP contribution >= 0.6 is 0 Å². The summed E-state index contributed by atoms with van der Waals surface area (Å²) in [6.07, 6.45) is 3.41. The Morgan fingerprint density at radius 2 is 1.71 bits per heavy atom. The number of carbonyl (C=O) groups is 1. The molecule has 2 aromatic carbocycles. The van der Waals surface area contributed by atoms with Crippen LogP contribution in [-0.4, -0.2) is 29.9 Å². The van der Waals surface area contributed by atoms with Crippen LogP contribution in [0.2, 0.25) is 0 Å². The number of likely N-dealkylation sites (tertiary alicyclic amines) is 1. The van der Waals surface area contributed by atoms with Crippen molar-refractivity contribution in [3.05, 3.63) is 90.1 Å². The minimum atomic E-state index is -0.302. The van der Waals surface area contributed by atoms with Crippen LogP contribution in [0.5, 0.6) is 0 Å². The molecule has 0 N–H and O–H groups in total. The zero-order valence-electron chi connectivity index (χ0n) is 15.6. The second kappa shape index (κ2) is 8.40. The lowest BCUT2D eigenvalue weighted by molar-refractivity contribution is 0.0957. The van der Waals surface area contributed by atoms with E-state index in [2.05, 4.69) is 4.90 Å². The summed E-state index contributed by atoms with van der Waals surface area (Å²) in [6.45, 7) is 2.54. The van der Waals surface area contributed by atoms with Gasteiger partial charge < -0.3 is 9.32 Å². The van der Waals surface area contributed by atoms with Crippen LogP contribution in [0.1, 0.15) is 29.0 Å². The second-order valence-electron chi connectivity index (χ2n) is 7.10. The van der Waals surface area contributed by atoms with E-state index < -0.39 is 0 Å². The summed E-state index contributed by atoms with van der Waals surface area (Å²) in [7, 11) is 0. The van der Waals surface area contributed by atoms with Crippen molar-refractivity contribution >= 4 is 11.6 Å². The van der Waals surface area contributed by atoms with E-state index in [4.69, 9.17) is 4.42 Å². The van der Waals surface area contributed by atoms with E-state index in [1.165, 1.54) is 12.1 Å². The third kappa shape index (κ3) is 4.15. The predicted molar refractivity (Wildman–Crippen MR) is 107 cm³/mol. The lowest BCUT2D eigenvalue weighted by Crippen LogP contribution is -2.47. The first-order valence-electron chi connectivity index (χ1n) is 9.59. The van der Waals surface area contributed by atoms with Crippen molar-refractivity contribution in [1.29, 1.82) is 0 Å². The monoisotopic (exact) mass is 378 g/mol. The molecule has 4 nitrogen and oxygen atoms in total. The molecule has 0 unspecified atom stereocenters. The standard InChI is InChI=1S/C23H23FN2O2/c24-19-8-10-20(11-9-19)26(23(27)18-5-2-1-3-6-18)21-12-14-25(15-13-21)17-22-7-4-16-28-22/h1-11,16,21H,12-15,17H2. The Labute approximate surface area is 164 Å². The summed E-state index contributed by atoms with van der Waals surface area (Å²) in [5.74, 6) is 0.607. The van der Waals surface area contributed by atoms with Crippen LogP contribution in [0, 0.1) is 5.82 Å². The number of furan rings is 1. The van der Waals surface area contributed by atoms with E-state index in [1.807, 2.05) is 47.4 Å². The summed E-state index contributed by atoms with van der Waals surface area (Å²) in [5.41, 5.74) is 1.38. The third-order valence-electron chi connectivity index (χ3n) is 5.23. The van der Waals surface area contributed by atoms with Crippen LogP contribution in [0.4, 0.5) is 10.1 Å². The van der Waals surface area contributed by atoms with Crippen LogP contribution in [-0.2, 0) is 6.54 Å². The number of piperidine rings is 1. The molecule has 1 saturated heterocycles. The predicted octanol–water partition coefficient (Wildman–Crippen LogP) is 4.73. The number of halogens is 1. The zero-order valence-corrected chi connectivity index (χ0v) is 15.6. The summed E-state index contributed by atoms with van der Waals surface area (Å²) >= 11 is 0. The van der Waals surface area contributed by atoms with Crippen LogP contribution < -0.4 is 4.90 Å². The van der Waals surface area contributed by atoms with Crippen molar-refractivity contribution in [1.82, 2.24) is 4.90 Å². The molecule has 28 heavy (non-hydrogen) atoms. The van der Waals surface area contributed by atoms with Crippen molar-refractivity contribution in [2.75, 3.05) is 18.0 Å². The fourth-order valence-electron chi connectivity index (χ4n) is 3.77. The van der Waals surface area contributed by atoms with Gasteiger partial charge in [-0.3, -0.25) is 9.69 Å². The molecule has 1 fully saturated rings. The SMILES string of the molecule is O=C(c1ccccc1)N(c1ccc(F)cc1)C1CCN(Cc2ccco2)CC1. The number of rotatable bonds is 5. The van der Waals surface area contributed by atoms with Gasteiger partial charge in [-0.1, -0.05) is 18.2 Å². The zero-order chi connectivity index (χ0) is 19.3. The fourth-order valence-corrected chi connectivity index (χ4v) is 3.77. The Kier molecular flexibility index (Phi) is 5.53. The Hall–Kier alpha value is -2.92. The van der Waals surface area contributed by atoms with Gasteiger partial charge in [-0.15, -0.1) is 0 Å². The lowest BCUT2D eigenvalue weighted by atomic mass is 10.0. The molecule has 0 saturated carbocycles. The minimum absolute atomic E-state index is 0.0447. The first kappa shape index (κ1) is 18.4. The Morgan fingerprint density at radius 1 is 1.00 bits per heavy atom. The van der Waals surface area contributed by atoms with Gasteiger partial charge in [0.2, 0.25) is 0 Å². The highest BCUT2D eigenvalue weighted by Gasteiger charge is 2.30. The molecule has 1 aliphatic heterocycles. The summed E-state index contributed by atoms with van der Waals surface area (Å²) in [4.78, 5) is 17.4. The second-order valence-corrected chi connectivity index (χ2v) is 7.10. The average molecular weight is 378 g/mol. The molecule has 1 amide bonds. The highest BCUT2D eigenvalue weighted by atomic mass is 19.1. The largest absolute Gasteiger partial charge is 0.468 e. The molecule has 0 radical (unpaired) electrons. The molecule has 4 rings (SSSR count). The van der Waals surface area contributed by atoms with Crippen LogP contribution in [0.15, 0.2) is 77.4 Å². The van der Waals surface area contributed by atoms with Gasteiger partial charge >= 0.3 is 0 Å². The Morgan fingerprint density at radius 3 is 2.36 bits per heavy atom. The maximum atomic E-state index is 13.4. The normalized spacial score (nSPS) is 15.5. The highest BCUT2D eigenvalue weighted by molar-refractivity contribution is 6.06. The summed E-state index contributed by atoms with van der Waals surface area (Å²) in [6, 6.07) is 19.4. The molecule has 0 spiro atoms. The fraction of sp³-hybridized carbons (Fsp3) is 0.261. The molecular weight excluding hydrogens is 355 g/mol. The smallest absolute Gasteiger partial charge is 0.258 e. The number of benzene rings is 2. The van der Waals surface area contributed by atoms with Crippen molar-refractivity contribution in [3.8, 4) is 0 Å². The summed E-state index contributed by atoms with van der Waals surface area (Å²) < 4.78 is 18.9. The molecule has 5 heteroatoms. The summed E-state index contributed by atoms with van der Waals surface area (Å²) in [5, 5.41) is 0. The van der Waals surface area contributed by atoms with Crippen molar-refractivity contribution in [2.24, 2.45) is 0 Å². The molecule has 0 bridgehead atoms. The molecular formula is C23H23FN2O2. The van der Waals surface area contributed by atoms with Crippen molar-refractivity contribution in [2.45, 2.75) is 25.4 Å². The van der Waals surface area contributed by atoms with Gasteiger partial charge in [0.1, 0.15) is 11.6 Å². The Bertz CT molecular complexity index is 886. The van der Waals surface area contributed by atoms with Crippen LogP contribution in [0.3, 0.4) is 0 Å². The number of hydrogen-bond acceptors (Lipinski definition) is 3. The van der Waals surface area contributed by atoms with E-state index in [0.717, 1.165) is 43.9 Å². The van der Waals surface area contributed by atoms with Gasteiger partial charge in [-0.2, -0.15) is 0 Å². The van der Waals surface area contributed by atoms with Gasteiger partial charge in [0.25, 0.3) is 5.91 Å². The van der Waals surface area contributed by atoms with Crippen molar-refractivity contribution < 1.29 is 13.6 Å². The molecule has 1 aliphatic rings. The molecule has 3 aromatic rings. The van der Waals surface area contributed by atoms with Crippen molar-refractivity contribution in [3.63, 3.8) is 0 Å². The van der Waals surface area contributed by atoms with E-state index in [9.17, 15) is 9.18 Å². The van der Waals surface area contributed by atoms with Gasteiger partial charge in [-0.25, -0.2) is 4.39 Å². The minimum Gasteiger partial charge on any atom is -0.468 e. The Balaban J connectivity index is 1.52. The number of nitrogens with zero attached hydrogens (tertiary/aromatic N) is 2. The molecule has 1 aromatic heterocycles. The number of amides is 1. The molecule has 0 aliphatic carbocycles. The molecule has 0 atom stereocenters. The average Bonchev–Trinajstić information content (AvgIpc) is 3.24. The number of anilines is 1. The first-order valence-corrected chi connectivity index (χ1v) is 9.59. The number of carbonyl (C=O) groups excluding carboxylic acids is 1. The van der Waals surface area contributed by atoms with Gasteiger partial charge in [0, 0.05) is 30.4 Å². The van der Waals surface area contributed by atoms with Gasteiger partial charge in [-0.05, 0) is 61.4 Å². The maximum Gasteiger partial charge on any atom is 0.258 e. The number of hydrogen-bond donors (Lipinski definition) is 0. The van der Waals surface area contributed by atoms with Gasteiger partial charge in [0.05, 0.1) is 12.8 Å². The lowest BCUT2D eigenvalue weighted by Gasteiger charge is -2.38. The first-order chi connectivity index (χ1) is 13.7. The quantitative estimate of drug-likeness (QED) is 0.644. The topological polar surface area (TPSA) is 36.7 Å². The van der Waals surface area contributed by atoms with E-state index in [1.54, 1.807) is 18.4 Å². The molecule has 2 heterocycles.